The molecule has 2 aliphatic carbocycles. The van der Waals surface area contributed by atoms with Crippen LogP contribution >= 0.6 is 0 Å². The Morgan fingerprint density at radius 1 is 1.00 bits per heavy atom. The minimum Gasteiger partial charge on any atom is -0.344 e. The first-order chi connectivity index (χ1) is 15.5. The second-order valence-corrected chi connectivity index (χ2v) is 10.8. The fourth-order valence-corrected chi connectivity index (χ4v) is 5.66. The summed E-state index contributed by atoms with van der Waals surface area (Å²) in [6, 6.07) is 4.77. The zero-order valence-electron chi connectivity index (χ0n) is 17.4. The number of halogens is 5. The van der Waals surface area contributed by atoms with Crippen LogP contribution in [0.3, 0.4) is 0 Å². The largest absolute Gasteiger partial charge is 0.417 e. The molecule has 0 radical (unpaired) electrons. The summed E-state index contributed by atoms with van der Waals surface area (Å²) in [7, 11) is -3.46. The van der Waals surface area contributed by atoms with Crippen molar-refractivity contribution in [1.29, 1.82) is 0 Å². The first kappa shape index (κ1) is 22.3. The third-order valence-corrected chi connectivity index (χ3v) is 8.37. The molecule has 1 aromatic heterocycles. The van der Waals surface area contributed by atoms with E-state index in [9.17, 15) is 26.0 Å². The molecule has 2 saturated carbocycles. The smallest absolute Gasteiger partial charge is 0.344 e. The molecule has 0 unspecified atom stereocenters. The van der Waals surface area contributed by atoms with Gasteiger partial charge in [-0.05, 0) is 67.5 Å². The third-order valence-electron chi connectivity index (χ3n) is 6.48. The van der Waals surface area contributed by atoms with Crippen molar-refractivity contribution in [3.05, 3.63) is 59.3 Å². The highest BCUT2D eigenvalue weighted by Crippen LogP contribution is 2.42. The number of nitrogens with zero attached hydrogens (tertiary/aromatic N) is 1. The monoisotopic (exact) mass is 484 g/mol. The molecule has 4 nitrogen and oxygen atoms in total. The summed E-state index contributed by atoms with van der Waals surface area (Å²) < 4.78 is 98.3. The Morgan fingerprint density at radius 2 is 1.73 bits per heavy atom. The van der Waals surface area contributed by atoms with E-state index in [1.165, 1.54) is 6.07 Å². The van der Waals surface area contributed by atoms with E-state index in [4.69, 9.17) is 0 Å². The van der Waals surface area contributed by atoms with Crippen molar-refractivity contribution in [3.63, 3.8) is 0 Å². The van der Waals surface area contributed by atoms with Crippen LogP contribution in [0, 0.1) is 11.6 Å². The predicted molar refractivity (Wildman–Crippen MR) is 114 cm³/mol. The number of sulfonamides is 1. The van der Waals surface area contributed by atoms with Crippen LogP contribution in [0.25, 0.3) is 22.0 Å². The molecule has 10 heteroatoms. The molecule has 0 aliphatic heterocycles. The minimum absolute atomic E-state index is 0.0296. The third kappa shape index (κ3) is 4.14. The van der Waals surface area contributed by atoms with Crippen LogP contribution in [-0.2, 0) is 22.7 Å². The van der Waals surface area contributed by atoms with Gasteiger partial charge in [-0.3, -0.25) is 0 Å². The predicted octanol–water partition coefficient (Wildman–Crippen LogP) is 5.91. The van der Waals surface area contributed by atoms with Crippen LogP contribution in [0.4, 0.5) is 22.0 Å². The van der Waals surface area contributed by atoms with Gasteiger partial charge in [0, 0.05) is 35.2 Å². The number of hydrogen-bond acceptors (Lipinski definition) is 2. The normalized spacial score (nSPS) is 17.5. The number of fused-ring (bicyclic) bond motifs is 1. The van der Waals surface area contributed by atoms with Gasteiger partial charge in [0.05, 0.1) is 10.8 Å². The molecular formula is C23H21F5N2O2S. The molecule has 0 spiro atoms. The van der Waals surface area contributed by atoms with Gasteiger partial charge in [-0.15, -0.1) is 0 Å². The van der Waals surface area contributed by atoms with Crippen molar-refractivity contribution >= 4 is 20.9 Å². The molecule has 0 bridgehead atoms. The summed E-state index contributed by atoms with van der Waals surface area (Å²) in [5.41, 5.74) is -0.893. The Morgan fingerprint density at radius 3 is 2.33 bits per heavy atom. The standard InChI is InChI=1S/C23H21F5N2O2S/c24-14-4-7-17(20(8-14)23(26,27)28)19-10-22-18(9-21(19)25)13(12-30(22)15-2-1-3-15)11-29-33(31,32)16-5-6-16/h4,7-10,12,15-16,29H,1-3,5-6,11H2. The minimum atomic E-state index is -4.86. The number of rotatable bonds is 6. The lowest BCUT2D eigenvalue weighted by atomic mass is 9.92. The molecule has 1 N–H and O–H groups in total. The molecule has 0 saturated heterocycles. The molecule has 5 rings (SSSR count). The highest BCUT2D eigenvalue weighted by molar-refractivity contribution is 7.90. The molecule has 2 aromatic carbocycles. The highest BCUT2D eigenvalue weighted by Gasteiger charge is 2.36. The van der Waals surface area contributed by atoms with Gasteiger partial charge >= 0.3 is 6.18 Å². The fourth-order valence-electron chi connectivity index (χ4n) is 4.31. The lowest BCUT2D eigenvalue weighted by molar-refractivity contribution is -0.137. The van der Waals surface area contributed by atoms with Crippen molar-refractivity contribution in [2.45, 2.75) is 56.1 Å². The Kier molecular flexibility index (Phi) is 5.28. The van der Waals surface area contributed by atoms with Gasteiger partial charge in [0.2, 0.25) is 10.0 Å². The fraction of sp³-hybridized carbons (Fsp3) is 0.391. The van der Waals surface area contributed by atoms with Crippen LogP contribution in [0.15, 0.2) is 36.5 Å². The van der Waals surface area contributed by atoms with E-state index in [2.05, 4.69) is 4.72 Å². The van der Waals surface area contributed by atoms with E-state index in [1.54, 1.807) is 6.20 Å². The van der Waals surface area contributed by atoms with Gasteiger partial charge in [0.1, 0.15) is 11.6 Å². The van der Waals surface area contributed by atoms with Gasteiger partial charge in [-0.1, -0.05) is 6.07 Å². The molecule has 1 heterocycles. The summed E-state index contributed by atoms with van der Waals surface area (Å²) in [6.07, 6.45) is 0.844. The quantitative estimate of drug-likeness (QED) is 0.442. The molecule has 0 atom stereocenters. The van der Waals surface area contributed by atoms with E-state index < -0.39 is 44.2 Å². The number of benzene rings is 2. The lowest BCUT2D eigenvalue weighted by Crippen LogP contribution is -2.26. The summed E-state index contributed by atoms with van der Waals surface area (Å²) in [6.45, 7) is -0.0296. The molecule has 3 aromatic rings. The van der Waals surface area contributed by atoms with E-state index in [-0.39, 0.29) is 18.2 Å². The first-order valence-electron chi connectivity index (χ1n) is 10.7. The SMILES string of the molecule is O=S(=O)(NCc1cn(C2CCC2)c2cc(-c3ccc(F)cc3C(F)(F)F)c(F)cc12)C1CC1. The summed E-state index contributed by atoms with van der Waals surface area (Å²) in [5, 5.41) is 0.0393. The van der Waals surface area contributed by atoms with Crippen molar-refractivity contribution < 1.29 is 30.4 Å². The molecule has 0 amide bonds. The van der Waals surface area contributed by atoms with Gasteiger partial charge in [-0.25, -0.2) is 21.9 Å². The number of alkyl halides is 3. The average Bonchev–Trinajstić information content (AvgIpc) is 3.50. The van der Waals surface area contributed by atoms with Crippen LogP contribution in [0.1, 0.15) is 49.3 Å². The topological polar surface area (TPSA) is 51.1 Å². The van der Waals surface area contributed by atoms with Crippen LogP contribution in [0.5, 0.6) is 0 Å². The maximum absolute atomic E-state index is 15.2. The molecule has 2 fully saturated rings. The number of hydrogen-bond donors (Lipinski definition) is 1. The zero-order chi connectivity index (χ0) is 23.5. The maximum Gasteiger partial charge on any atom is 0.417 e. The van der Waals surface area contributed by atoms with Crippen LogP contribution in [0.2, 0.25) is 0 Å². The van der Waals surface area contributed by atoms with Crippen molar-refractivity contribution in [2.24, 2.45) is 0 Å². The van der Waals surface area contributed by atoms with Crippen LogP contribution < -0.4 is 4.72 Å². The van der Waals surface area contributed by atoms with Crippen molar-refractivity contribution in [1.82, 2.24) is 9.29 Å². The van der Waals surface area contributed by atoms with Gasteiger partial charge in [-0.2, -0.15) is 13.2 Å². The Hall–Kier alpha value is -2.46. The summed E-state index contributed by atoms with van der Waals surface area (Å²) in [4.78, 5) is 0. The summed E-state index contributed by atoms with van der Waals surface area (Å²) >= 11 is 0. The Labute approximate surface area is 187 Å². The van der Waals surface area contributed by atoms with Crippen molar-refractivity contribution in [2.75, 3.05) is 0 Å². The lowest BCUT2D eigenvalue weighted by Gasteiger charge is -2.28. The number of nitrogens with one attached hydrogen (secondary N) is 1. The molecule has 2 aliphatic rings. The van der Waals surface area contributed by atoms with Gasteiger partial charge < -0.3 is 4.57 Å². The van der Waals surface area contributed by atoms with E-state index in [0.717, 1.165) is 37.5 Å². The summed E-state index contributed by atoms with van der Waals surface area (Å²) in [5.74, 6) is -1.95. The van der Waals surface area contributed by atoms with Gasteiger partial charge in [0.15, 0.2) is 0 Å². The Balaban J connectivity index is 1.63. The molecular weight excluding hydrogens is 463 g/mol. The van der Waals surface area contributed by atoms with Crippen molar-refractivity contribution in [3.8, 4) is 11.1 Å². The second kappa shape index (κ2) is 7.80. The van der Waals surface area contributed by atoms with E-state index in [0.29, 0.717) is 35.4 Å². The molecule has 176 valence electrons. The van der Waals surface area contributed by atoms with E-state index >= 15 is 4.39 Å². The Bertz CT molecular complexity index is 1340. The van der Waals surface area contributed by atoms with E-state index in [1.807, 2.05) is 4.57 Å². The average molecular weight is 484 g/mol. The second-order valence-electron chi connectivity index (χ2n) is 8.75. The highest BCUT2D eigenvalue weighted by atomic mass is 32.2. The van der Waals surface area contributed by atoms with Crippen LogP contribution in [-0.4, -0.2) is 18.2 Å². The van der Waals surface area contributed by atoms with Gasteiger partial charge in [0.25, 0.3) is 0 Å². The maximum atomic E-state index is 15.2. The molecule has 33 heavy (non-hydrogen) atoms. The first-order valence-corrected chi connectivity index (χ1v) is 12.3. The zero-order valence-corrected chi connectivity index (χ0v) is 18.2. The number of aromatic nitrogens is 1.